The Morgan fingerprint density at radius 2 is 2.04 bits per heavy atom. The molecule has 4 heterocycles. The number of amides is 2. The van der Waals surface area contributed by atoms with Crippen LogP contribution in [0.1, 0.15) is 48.3 Å². The second-order valence-corrected chi connectivity index (χ2v) is 8.45. The van der Waals surface area contributed by atoms with E-state index in [9.17, 15) is 9.59 Å². The number of nitrogens with one attached hydrogen (secondary N) is 1. The van der Waals surface area contributed by atoms with Gasteiger partial charge in [0.05, 0.1) is 0 Å². The number of aromatic amines is 1. The molecule has 1 aromatic rings. The Balaban J connectivity index is 1.39. The third-order valence-corrected chi connectivity index (χ3v) is 6.54. The first kappa shape index (κ1) is 17.5. The SMILES string of the molecule is Cc1cc(C(=O)N2CCC3(CCC(=O)N(C4CCN(C)C4)C3)CC2)n[nH]1. The summed E-state index contributed by atoms with van der Waals surface area (Å²) in [6.45, 7) is 6.36. The summed E-state index contributed by atoms with van der Waals surface area (Å²) in [5, 5.41) is 6.95. The molecule has 1 N–H and O–H groups in total. The van der Waals surface area contributed by atoms with Crippen LogP contribution in [-0.2, 0) is 4.79 Å². The van der Waals surface area contributed by atoms with Crippen LogP contribution in [0.3, 0.4) is 0 Å². The van der Waals surface area contributed by atoms with Gasteiger partial charge in [-0.3, -0.25) is 14.7 Å². The fourth-order valence-electron chi connectivity index (χ4n) is 4.83. The van der Waals surface area contributed by atoms with E-state index < -0.39 is 0 Å². The summed E-state index contributed by atoms with van der Waals surface area (Å²) in [6.07, 6.45) is 4.67. The van der Waals surface area contributed by atoms with E-state index >= 15 is 0 Å². The van der Waals surface area contributed by atoms with E-state index in [1.807, 2.05) is 17.9 Å². The molecule has 1 atom stereocenters. The summed E-state index contributed by atoms with van der Waals surface area (Å²) in [7, 11) is 2.13. The number of likely N-dealkylation sites (N-methyl/N-ethyl adjacent to an activating group) is 1. The molecule has 4 rings (SSSR count). The van der Waals surface area contributed by atoms with Gasteiger partial charge < -0.3 is 14.7 Å². The Morgan fingerprint density at radius 1 is 1.27 bits per heavy atom. The van der Waals surface area contributed by atoms with Crippen molar-refractivity contribution in [2.75, 3.05) is 39.8 Å². The van der Waals surface area contributed by atoms with Crippen LogP contribution in [0, 0.1) is 12.3 Å². The first-order valence-electron chi connectivity index (χ1n) is 9.75. The van der Waals surface area contributed by atoms with Gasteiger partial charge in [0.15, 0.2) is 0 Å². The first-order valence-corrected chi connectivity index (χ1v) is 9.75. The lowest BCUT2D eigenvalue weighted by molar-refractivity contribution is -0.141. The smallest absolute Gasteiger partial charge is 0.274 e. The Kier molecular flexibility index (Phi) is 4.50. The van der Waals surface area contributed by atoms with Crippen LogP contribution in [0.25, 0.3) is 0 Å². The zero-order chi connectivity index (χ0) is 18.3. The topological polar surface area (TPSA) is 72.5 Å². The van der Waals surface area contributed by atoms with Crippen LogP contribution in [0.15, 0.2) is 6.07 Å². The van der Waals surface area contributed by atoms with Gasteiger partial charge in [0.2, 0.25) is 5.91 Å². The molecule has 7 heteroatoms. The molecule has 1 unspecified atom stereocenters. The Bertz CT molecular complexity index is 692. The molecule has 0 aliphatic carbocycles. The molecule has 3 fully saturated rings. The van der Waals surface area contributed by atoms with Gasteiger partial charge in [0.1, 0.15) is 5.69 Å². The lowest BCUT2D eigenvalue weighted by Gasteiger charge is -2.48. The number of piperidine rings is 2. The molecule has 2 amide bonds. The molecule has 0 aromatic carbocycles. The number of H-pyrrole nitrogens is 1. The number of carbonyl (C=O) groups excluding carboxylic acids is 2. The molecule has 142 valence electrons. The average molecular weight is 359 g/mol. The van der Waals surface area contributed by atoms with E-state index in [0.717, 1.165) is 64.1 Å². The number of hydrogen-bond acceptors (Lipinski definition) is 4. The Morgan fingerprint density at radius 3 is 2.65 bits per heavy atom. The molecule has 1 aromatic heterocycles. The number of aromatic nitrogens is 2. The fourth-order valence-corrected chi connectivity index (χ4v) is 4.83. The lowest BCUT2D eigenvalue weighted by Crippen LogP contribution is -2.55. The molecule has 3 aliphatic heterocycles. The Labute approximate surface area is 154 Å². The van der Waals surface area contributed by atoms with E-state index in [4.69, 9.17) is 0 Å². The van der Waals surface area contributed by atoms with Crippen LogP contribution in [0.2, 0.25) is 0 Å². The van der Waals surface area contributed by atoms with Gasteiger partial charge in [-0.1, -0.05) is 0 Å². The quantitative estimate of drug-likeness (QED) is 0.863. The average Bonchev–Trinajstić information content (AvgIpc) is 3.26. The third kappa shape index (κ3) is 3.24. The highest BCUT2D eigenvalue weighted by atomic mass is 16.2. The lowest BCUT2D eigenvalue weighted by atomic mass is 9.72. The van der Waals surface area contributed by atoms with Crippen molar-refractivity contribution in [2.24, 2.45) is 5.41 Å². The highest BCUT2D eigenvalue weighted by Crippen LogP contribution is 2.41. The van der Waals surface area contributed by atoms with E-state index in [1.54, 1.807) is 0 Å². The molecular weight excluding hydrogens is 330 g/mol. The third-order valence-electron chi connectivity index (χ3n) is 6.54. The largest absolute Gasteiger partial charge is 0.338 e. The molecule has 0 saturated carbocycles. The molecule has 3 saturated heterocycles. The van der Waals surface area contributed by atoms with Gasteiger partial charge in [0, 0.05) is 44.3 Å². The van der Waals surface area contributed by atoms with Crippen LogP contribution < -0.4 is 0 Å². The number of carbonyl (C=O) groups is 2. The van der Waals surface area contributed by atoms with Crippen molar-refractivity contribution in [1.82, 2.24) is 24.9 Å². The Hall–Kier alpha value is -1.89. The van der Waals surface area contributed by atoms with Crippen molar-refractivity contribution in [1.29, 1.82) is 0 Å². The predicted molar refractivity (Wildman–Crippen MR) is 97.7 cm³/mol. The minimum Gasteiger partial charge on any atom is -0.338 e. The first-order chi connectivity index (χ1) is 12.5. The van der Waals surface area contributed by atoms with Gasteiger partial charge in [-0.25, -0.2) is 0 Å². The number of aryl methyl sites for hydroxylation is 1. The second kappa shape index (κ2) is 6.68. The fraction of sp³-hybridized carbons (Fsp3) is 0.737. The van der Waals surface area contributed by atoms with Gasteiger partial charge in [-0.2, -0.15) is 5.10 Å². The molecule has 0 bridgehead atoms. The van der Waals surface area contributed by atoms with E-state index in [1.165, 1.54) is 0 Å². The molecule has 1 spiro atoms. The van der Waals surface area contributed by atoms with Gasteiger partial charge in [0.25, 0.3) is 5.91 Å². The van der Waals surface area contributed by atoms with Crippen LogP contribution >= 0.6 is 0 Å². The van der Waals surface area contributed by atoms with E-state index in [-0.39, 0.29) is 11.3 Å². The summed E-state index contributed by atoms with van der Waals surface area (Å²) < 4.78 is 0. The summed E-state index contributed by atoms with van der Waals surface area (Å²) in [5.41, 5.74) is 1.60. The summed E-state index contributed by atoms with van der Waals surface area (Å²) in [4.78, 5) is 31.5. The maximum atomic E-state index is 12.6. The molecule has 26 heavy (non-hydrogen) atoms. The van der Waals surface area contributed by atoms with Crippen LogP contribution in [0.5, 0.6) is 0 Å². The number of likely N-dealkylation sites (tertiary alicyclic amines) is 3. The number of rotatable bonds is 2. The number of hydrogen-bond donors (Lipinski definition) is 1. The van der Waals surface area contributed by atoms with Crippen molar-refractivity contribution in [3.63, 3.8) is 0 Å². The second-order valence-electron chi connectivity index (χ2n) is 8.45. The summed E-state index contributed by atoms with van der Waals surface area (Å²) in [5.74, 6) is 0.340. The standard InChI is InChI=1S/C19H29N5O2/c1-14-11-16(21-20-14)18(26)23-9-6-19(7-10-23)5-3-17(25)24(13-19)15-4-8-22(2)12-15/h11,15H,3-10,12-13H2,1-2H3,(H,20,21). The maximum absolute atomic E-state index is 12.6. The molecule has 0 radical (unpaired) electrons. The predicted octanol–water partition coefficient (Wildman–Crippen LogP) is 1.27. The zero-order valence-corrected chi connectivity index (χ0v) is 15.8. The maximum Gasteiger partial charge on any atom is 0.274 e. The van der Waals surface area contributed by atoms with Gasteiger partial charge in [-0.15, -0.1) is 0 Å². The van der Waals surface area contributed by atoms with E-state index in [2.05, 4.69) is 27.0 Å². The number of nitrogens with zero attached hydrogens (tertiary/aromatic N) is 4. The van der Waals surface area contributed by atoms with Gasteiger partial charge >= 0.3 is 0 Å². The van der Waals surface area contributed by atoms with Crippen molar-refractivity contribution in [3.05, 3.63) is 17.5 Å². The monoisotopic (exact) mass is 359 g/mol. The van der Waals surface area contributed by atoms with Crippen LogP contribution in [0.4, 0.5) is 0 Å². The van der Waals surface area contributed by atoms with Gasteiger partial charge in [-0.05, 0) is 57.7 Å². The van der Waals surface area contributed by atoms with Crippen molar-refractivity contribution in [2.45, 2.75) is 45.1 Å². The minimum absolute atomic E-state index is 0.0189. The highest BCUT2D eigenvalue weighted by molar-refractivity contribution is 5.92. The highest BCUT2D eigenvalue weighted by Gasteiger charge is 2.44. The van der Waals surface area contributed by atoms with Crippen LogP contribution in [-0.4, -0.2) is 82.5 Å². The molecular formula is C19H29N5O2. The summed E-state index contributed by atoms with van der Waals surface area (Å²) >= 11 is 0. The minimum atomic E-state index is 0.0189. The summed E-state index contributed by atoms with van der Waals surface area (Å²) in [6, 6.07) is 2.18. The van der Waals surface area contributed by atoms with Crippen molar-refractivity contribution in [3.8, 4) is 0 Å². The van der Waals surface area contributed by atoms with Crippen molar-refractivity contribution < 1.29 is 9.59 Å². The van der Waals surface area contributed by atoms with Crippen molar-refractivity contribution >= 4 is 11.8 Å². The normalized spacial score (nSPS) is 26.7. The van der Waals surface area contributed by atoms with E-state index in [0.29, 0.717) is 24.1 Å². The zero-order valence-electron chi connectivity index (χ0n) is 15.8. The molecule has 3 aliphatic rings. The molecule has 7 nitrogen and oxygen atoms in total.